The van der Waals surface area contributed by atoms with Crippen LogP contribution in [0, 0.1) is 0 Å². The van der Waals surface area contributed by atoms with E-state index >= 15 is 0 Å². The second-order valence-electron chi connectivity index (χ2n) is 5.52. The van der Waals surface area contributed by atoms with Gasteiger partial charge in [-0.1, -0.05) is 30.3 Å². The fourth-order valence-electron chi connectivity index (χ4n) is 2.28. The Morgan fingerprint density at radius 2 is 1.85 bits per heavy atom. The number of rotatable bonds is 6. The molecule has 0 aliphatic heterocycles. The minimum Gasteiger partial charge on any atom is -0.463 e. The van der Waals surface area contributed by atoms with Gasteiger partial charge in [-0.25, -0.2) is 4.79 Å². The Bertz CT molecular complexity index is 947. The molecule has 7 heteroatoms. The lowest BCUT2D eigenvalue weighted by atomic mass is 10.2. The molecule has 1 N–H and O–H groups in total. The van der Waals surface area contributed by atoms with Crippen molar-refractivity contribution in [3.05, 3.63) is 78.1 Å². The standard InChI is InChI=1S/C20H18N4O3/c1-2-27-19(25)13-10-15-8-11-16(12-9-15)22-20(26)18-14-21-24(23-18)17-6-4-3-5-7-17/h3-14H,2H2,1H3,(H,22,26)/b13-10+. The highest BCUT2D eigenvalue weighted by molar-refractivity contribution is 6.02. The van der Waals surface area contributed by atoms with Gasteiger partial charge < -0.3 is 10.1 Å². The molecule has 3 rings (SSSR count). The minimum absolute atomic E-state index is 0.213. The van der Waals surface area contributed by atoms with E-state index in [1.165, 1.54) is 17.1 Å². The maximum Gasteiger partial charge on any atom is 0.330 e. The molecule has 0 aliphatic rings. The summed E-state index contributed by atoms with van der Waals surface area (Å²) >= 11 is 0. The number of amides is 1. The van der Waals surface area contributed by atoms with Crippen molar-refractivity contribution >= 4 is 23.6 Å². The molecule has 0 fully saturated rings. The van der Waals surface area contributed by atoms with Crippen LogP contribution in [0.4, 0.5) is 5.69 Å². The zero-order valence-corrected chi connectivity index (χ0v) is 14.7. The van der Waals surface area contributed by atoms with Crippen molar-refractivity contribution in [1.29, 1.82) is 0 Å². The van der Waals surface area contributed by atoms with Gasteiger partial charge in [-0.3, -0.25) is 4.79 Å². The number of esters is 1. The maximum atomic E-state index is 12.3. The highest BCUT2D eigenvalue weighted by atomic mass is 16.5. The van der Waals surface area contributed by atoms with Gasteiger partial charge >= 0.3 is 5.97 Å². The molecule has 0 spiro atoms. The van der Waals surface area contributed by atoms with Crippen molar-refractivity contribution in [1.82, 2.24) is 15.0 Å². The van der Waals surface area contributed by atoms with E-state index in [1.54, 1.807) is 37.3 Å². The summed E-state index contributed by atoms with van der Waals surface area (Å²) in [4.78, 5) is 25.0. The Kier molecular flexibility index (Phi) is 5.73. The molecular weight excluding hydrogens is 344 g/mol. The van der Waals surface area contributed by atoms with Gasteiger partial charge in [0.15, 0.2) is 5.69 Å². The molecule has 0 unspecified atom stereocenters. The van der Waals surface area contributed by atoms with Crippen LogP contribution in [0.1, 0.15) is 23.0 Å². The lowest BCUT2D eigenvalue weighted by Gasteiger charge is -2.03. The van der Waals surface area contributed by atoms with Crippen molar-refractivity contribution in [2.24, 2.45) is 0 Å². The van der Waals surface area contributed by atoms with Crippen LogP contribution in [-0.2, 0) is 9.53 Å². The number of carbonyl (C=O) groups excluding carboxylic acids is 2. The number of anilines is 1. The molecular formula is C20H18N4O3. The smallest absolute Gasteiger partial charge is 0.330 e. The van der Waals surface area contributed by atoms with E-state index in [1.807, 2.05) is 30.3 Å². The van der Waals surface area contributed by atoms with Crippen LogP contribution < -0.4 is 5.32 Å². The molecule has 136 valence electrons. The minimum atomic E-state index is -0.392. The van der Waals surface area contributed by atoms with E-state index in [0.717, 1.165) is 11.3 Å². The summed E-state index contributed by atoms with van der Waals surface area (Å²) in [5.74, 6) is -0.747. The molecule has 3 aromatic rings. The van der Waals surface area contributed by atoms with E-state index in [4.69, 9.17) is 4.74 Å². The third-order valence-electron chi connectivity index (χ3n) is 3.58. The van der Waals surface area contributed by atoms with Crippen LogP contribution in [0.3, 0.4) is 0 Å². The molecule has 1 heterocycles. The second-order valence-corrected chi connectivity index (χ2v) is 5.52. The Morgan fingerprint density at radius 3 is 2.56 bits per heavy atom. The van der Waals surface area contributed by atoms with Gasteiger partial charge in [-0.15, -0.1) is 5.10 Å². The van der Waals surface area contributed by atoms with Gasteiger partial charge in [0, 0.05) is 11.8 Å². The first-order valence-corrected chi connectivity index (χ1v) is 8.39. The normalized spacial score (nSPS) is 10.7. The number of carbonyl (C=O) groups is 2. The summed E-state index contributed by atoms with van der Waals surface area (Å²) < 4.78 is 4.83. The summed E-state index contributed by atoms with van der Waals surface area (Å²) in [5.41, 5.74) is 2.41. The molecule has 0 saturated heterocycles. The summed E-state index contributed by atoms with van der Waals surface area (Å²) in [6.07, 6.45) is 4.42. The average Bonchev–Trinajstić information content (AvgIpc) is 3.19. The molecule has 2 aromatic carbocycles. The lowest BCUT2D eigenvalue weighted by Crippen LogP contribution is -2.13. The number of hydrogen-bond donors (Lipinski definition) is 1. The molecule has 1 aromatic heterocycles. The van der Waals surface area contributed by atoms with Gasteiger partial charge in [-0.2, -0.15) is 9.90 Å². The average molecular weight is 362 g/mol. The Labute approximate surface area is 156 Å². The summed E-state index contributed by atoms with van der Waals surface area (Å²) in [6.45, 7) is 2.09. The van der Waals surface area contributed by atoms with E-state index in [9.17, 15) is 9.59 Å². The van der Waals surface area contributed by atoms with E-state index in [2.05, 4.69) is 15.5 Å². The molecule has 0 aliphatic carbocycles. The van der Waals surface area contributed by atoms with Gasteiger partial charge in [0.25, 0.3) is 5.91 Å². The molecule has 0 saturated carbocycles. The number of hydrogen-bond acceptors (Lipinski definition) is 5. The zero-order chi connectivity index (χ0) is 19.1. The third-order valence-corrected chi connectivity index (χ3v) is 3.58. The predicted octanol–water partition coefficient (Wildman–Crippen LogP) is 3.10. The van der Waals surface area contributed by atoms with Crippen LogP contribution in [0.25, 0.3) is 11.8 Å². The number of benzene rings is 2. The van der Waals surface area contributed by atoms with Crippen molar-refractivity contribution in [2.75, 3.05) is 11.9 Å². The van der Waals surface area contributed by atoms with Crippen LogP contribution in [-0.4, -0.2) is 33.5 Å². The number of para-hydroxylation sites is 1. The first kappa shape index (κ1) is 18.1. The van der Waals surface area contributed by atoms with Crippen LogP contribution in [0.15, 0.2) is 66.9 Å². The summed E-state index contributed by atoms with van der Waals surface area (Å²) in [7, 11) is 0. The van der Waals surface area contributed by atoms with Crippen molar-refractivity contribution in [3.8, 4) is 5.69 Å². The lowest BCUT2D eigenvalue weighted by molar-refractivity contribution is -0.137. The highest BCUT2D eigenvalue weighted by Gasteiger charge is 2.11. The monoisotopic (exact) mass is 362 g/mol. The zero-order valence-electron chi connectivity index (χ0n) is 14.7. The van der Waals surface area contributed by atoms with E-state index < -0.39 is 5.97 Å². The maximum absolute atomic E-state index is 12.3. The SMILES string of the molecule is CCOC(=O)/C=C/c1ccc(NC(=O)c2cnn(-c3ccccc3)n2)cc1. The van der Waals surface area contributed by atoms with Crippen LogP contribution in [0.5, 0.6) is 0 Å². The van der Waals surface area contributed by atoms with Gasteiger partial charge in [0.1, 0.15) is 0 Å². The van der Waals surface area contributed by atoms with Crippen molar-refractivity contribution in [2.45, 2.75) is 6.92 Å². The fourth-order valence-corrected chi connectivity index (χ4v) is 2.28. The predicted molar refractivity (Wildman–Crippen MR) is 101 cm³/mol. The molecule has 27 heavy (non-hydrogen) atoms. The molecule has 7 nitrogen and oxygen atoms in total. The topological polar surface area (TPSA) is 86.1 Å². The van der Waals surface area contributed by atoms with Crippen LogP contribution >= 0.6 is 0 Å². The Hall–Kier alpha value is -3.74. The van der Waals surface area contributed by atoms with Gasteiger partial charge in [-0.05, 0) is 42.8 Å². The number of nitrogens with zero attached hydrogens (tertiary/aromatic N) is 3. The fraction of sp³-hybridized carbons (Fsp3) is 0.100. The molecule has 0 atom stereocenters. The first-order valence-electron chi connectivity index (χ1n) is 8.39. The first-order chi connectivity index (χ1) is 13.2. The summed E-state index contributed by atoms with van der Waals surface area (Å²) in [6, 6.07) is 16.4. The second kappa shape index (κ2) is 8.57. The third kappa shape index (κ3) is 4.88. The summed E-state index contributed by atoms with van der Waals surface area (Å²) in [5, 5.41) is 11.1. The number of aromatic nitrogens is 3. The van der Waals surface area contributed by atoms with E-state index in [0.29, 0.717) is 12.3 Å². The molecule has 0 radical (unpaired) electrons. The van der Waals surface area contributed by atoms with Crippen LogP contribution in [0.2, 0.25) is 0 Å². The Balaban J connectivity index is 1.63. The highest BCUT2D eigenvalue weighted by Crippen LogP contribution is 2.12. The number of nitrogens with one attached hydrogen (secondary N) is 1. The van der Waals surface area contributed by atoms with Crippen molar-refractivity contribution < 1.29 is 14.3 Å². The Morgan fingerprint density at radius 1 is 1.11 bits per heavy atom. The largest absolute Gasteiger partial charge is 0.463 e. The number of ether oxygens (including phenoxy) is 1. The van der Waals surface area contributed by atoms with E-state index in [-0.39, 0.29) is 11.6 Å². The molecule has 1 amide bonds. The molecule has 0 bridgehead atoms. The van der Waals surface area contributed by atoms with Crippen molar-refractivity contribution in [3.63, 3.8) is 0 Å². The van der Waals surface area contributed by atoms with Gasteiger partial charge in [0.05, 0.1) is 18.5 Å². The van der Waals surface area contributed by atoms with Gasteiger partial charge in [0.2, 0.25) is 0 Å². The quantitative estimate of drug-likeness (QED) is 0.538.